The number of esters is 1. The van der Waals surface area contributed by atoms with Crippen molar-refractivity contribution in [3.05, 3.63) is 0 Å². The molecule has 1 fully saturated rings. The molecule has 0 spiro atoms. The van der Waals surface area contributed by atoms with Crippen LogP contribution in [-0.4, -0.2) is 23.7 Å². The van der Waals surface area contributed by atoms with Crippen LogP contribution < -0.4 is 0 Å². The summed E-state index contributed by atoms with van der Waals surface area (Å²) in [6.45, 7) is 6.03. The summed E-state index contributed by atoms with van der Waals surface area (Å²) >= 11 is 0. The molecule has 0 amide bonds. The van der Waals surface area contributed by atoms with Gasteiger partial charge in [0.15, 0.2) is 5.41 Å². The van der Waals surface area contributed by atoms with Gasteiger partial charge in [-0.1, -0.05) is 39.5 Å². The molecule has 0 aliphatic heterocycles. The van der Waals surface area contributed by atoms with Gasteiger partial charge in [-0.25, -0.2) is 0 Å². The second-order valence-corrected chi connectivity index (χ2v) is 5.88. The van der Waals surface area contributed by atoms with Crippen LogP contribution in [0.4, 0.5) is 0 Å². The van der Waals surface area contributed by atoms with Gasteiger partial charge in [0.25, 0.3) is 0 Å². The molecule has 4 nitrogen and oxygen atoms in total. The van der Waals surface area contributed by atoms with E-state index in [4.69, 9.17) is 4.74 Å². The molecular formula is C16H28O4. The predicted molar refractivity (Wildman–Crippen MR) is 77.3 cm³/mol. The Bertz CT molecular complexity index is 339. The smallest absolute Gasteiger partial charge is 0.323 e. The number of carbonyl (C=O) groups excluding carboxylic acids is 1. The van der Waals surface area contributed by atoms with E-state index in [0.29, 0.717) is 18.8 Å². The van der Waals surface area contributed by atoms with E-state index in [1.807, 2.05) is 6.92 Å². The number of carbonyl (C=O) groups is 2. The predicted octanol–water partition coefficient (Wildman–Crippen LogP) is 3.64. The molecule has 3 atom stereocenters. The average molecular weight is 284 g/mol. The molecular weight excluding hydrogens is 256 g/mol. The van der Waals surface area contributed by atoms with Gasteiger partial charge in [0.05, 0.1) is 6.61 Å². The van der Waals surface area contributed by atoms with Crippen LogP contribution in [0.1, 0.15) is 65.7 Å². The summed E-state index contributed by atoms with van der Waals surface area (Å²) in [5, 5.41) is 9.76. The van der Waals surface area contributed by atoms with E-state index in [-0.39, 0.29) is 12.5 Å². The van der Waals surface area contributed by atoms with E-state index in [9.17, 15) is 14.7 Å². The highest BCUT2D eigenvalue weighted by molar-refractivity contribution is 5.99. The third-order valence-electron chi connectivity index (χ3n) is 4.72. The van der Waals surface area contributed by atoms with Gasteiger partial charge in [-0.15, -0.1) is 0 Å². The number of aliphatic carboxylic acids is 1. The van der Waals surface area contributed by atoms with Gasteiger partial charge in [-0.2, -0.15) is 0 Å². The standard InChI is InChI=1S/C16H28O4/c1-4-10-16(14(17)18,15(19)20-6-3)13-9-7-8-12(5-2)11-13/h12-13H,4-11H2,1-3H3,(H,17,18). The van der Waals surface area contributed by atoms with Gasteiger partial charge in [0.2, 0.25) is 0 Å². The lowest BCUT2D eigenvalue weighted by molar-refractivity contribution is -0.176. The first kappa shape index (κ1) is 17.0. The maximum Gasteiger partial charge on any atom is 0.323 e. The molecule has 1 aliphatic carbocycles. The lowest BCUT2D eigenvalue weighted by Crippen LogP contribution is -2.48. The summed E-state index contributed by atoms with van der Waals surface area (Å²) in [7, 11) is 0. The number of carboxylic acids is 1. The second-order valence-electron chi connectivity index (χ2n) is 5.88. The Morgan fingerprint density at radius 1 is 1.25 bits per heavy atom. The summed E-state index contributed by atoms with van der Waals surface area (Å²) in [4.78, 5) is 24.3. The first-order valence-electron chi connectivity index (χ1n) is 7.93. The molecule has 20 heavy (non-hydrogen) atoms. The van der Waals surface area contributed by atoms with Gasteiger partial charge in [-0.05, 0) is 38.0 Å². The SMILES string of the molecule is CCCC(C(=O)O)(C(=O)OCC)C1CCCC(CC)C1. The van der Waals surface area contributed by atoms with Gasteiger partial charge in [0, 0.05) is 0 Å². The van der Waals surface area contributed by atoms with Crippen LogP contribution in [0, 0.1) is 17.3 Å². The molecule has 0 aromatic rings. The monoisotopic (exact) mass is 284 g/mol. The van der Waals surface area contributed by atoms with E-state index < -0.39 is 17.4 Å². The fourth-order valence-corrected chi connectivity index (χ4v) is 3.61. The van der Waals surface area contributed by atoms with Crippen molar-refractivity contribution in [1.29, 1.82) is 0 Å². The number of hydrogen-bond acceptors (Lipinski definition) is 3. The Labute approximate surface area is 121 Å². The summed E-state index contributed by atoms with van der Waals surface area (Å²) in [6, 6.07) is 0. The minimum absolute atomic E-state index is 0.0855. The molecule has 0 saturated heterocycles. The fourth-order valence-electron chi connectivity index (χ4n) is 3.61. The summed E-state index contributed by atoms with van der Waals surface area (Å²) in [5.41, 5.74) is -1.33. The van der Waals surface area contributed by atoms with Crippen molar-refractivity contribution in [2.75, 3.05) is 6.61 Å². The zero-order chi connectivity index (χ0) is 15.2. The van der Waals surface area contributed by atoms with Crippen molar-refractivity contribution in [3.63, 3.8) is 0 Å². The highest BCUT2D eigenvalue weighted by Crippen LogP contribution is 2.45. The van der Waals surface area contributed by atoms with Crippen LogP contribution in [0.5, 0.6) is 0 Å². The zero-order valence-corrected chi connectivity index (χ0v) is 13.0. The molecule has 4 heteroatoms. The first-order valence-corrected chi connectivity index (χ1v) is 7.93. The third-order valence-corrected chi connectivity index (χ3v) is 4.72. The van der Waals surface area contributed by atoms with Crippen molar-refractivity contribution >= 4 is 11.9 Å². The van der Waals surface area contributed by atoms with Crippen LogP contribution in [0.15, 0.2) is 0 Å². The highest BCUT2D eigenvalue weighted by Gasteiger charge is 2.53. The first-order chi connectivity index (χ1) is 9.52. The van der Waals surface area contributed by atoms with Gasteiger partial charge < -0.3 is 9.84 Å². The fraction of sp³-hybridized carbons (Fsp3) is 0.875. The van der Waals surface area contributed by atoms with Crippen LogP contribution in [0.2, 0.25) is 0 Å². The Hall–Kier alpha value is -1.06. The Kier molecular flexibility index (Phi) is 6.50. The summed E-state index contributed by atoms with van der Waals surface area (Å²) < 4.78 is 5.12. The van der Waals surface area contributed by atoms with E-state index in [2.05, 4.69) is 6.92 Å². The highest BCUT2D eigenvalue weighted by atomic mass is 16.5. The minimum Gasteiger partial charge on any atom is -0.480 e. The topological polar surface area (TPSA) is 63.6 Å². The van der Waals surface area contributed by atoms with Crippen molar-refractivity contribution < 1.29 is 19.4 Å². The molecule has 1 aliphatic rings. The molecule has 0 heterocycles. The lowest BCUT2D eigenvalue weighted by atomic mass is 9.64. The van der Waals surface area contributed by atoms with Crippen molar-refractivity contribution in [1.82, 2.24) is 0 Å². The van der Waals surface area contributed by atoms with Gasteiger partial charge >= 0.3 is 11.9 Å². The molecule has 0 aromatic carbocycles. The lowest BCUT2D eigenvalue weighted by Gasteiger charge is -2.39. The van der Waals surface area contributed by atoms with Crippen LogP contribution >= 0.6 is 0 Å². The van der Waals surface area contributed by atoms with Crippen molar-refractivity contribution in [2.45, 2.75) is 65.7 Å². The van der Waals surface area contributed by atoms with Crippen molar-refractivity contribution in [2.24, 2.45) is 17.3 Å². The van der Waals surface area contributed by atoms with E-state index in [1.54, 1.807) is 6.92 Å². The van der Waals surface area contributed by atoms with E-state index >= 15 is 0 Å². The minimum atomic E-state index is -1.33. The van der Waals surface area contributed by atoms with Gasteiger partial charge in [0.1, 0.15) is 0 Å². The molecule has 0 radical (unpaired) electrons. The molecule has 0 bridgehead atoms. The van der Waals surface area contributed by atoms with E-state index in [1.165, 1.54) is 0 Å². The van der Waals surface area contributed by atoms with Crippen LogP contribution in [0.25, 0.3) is 0 Å². The molecule has 1 saturated carbocycles. The Morgan fingerprint density at radius 3 is 2.45 bits per heavy atom. The Morgan fingerprint density at radius 2 is 1.95 bits per heavy atom. The number of rotatable bonds is 7. The third kappa shape index (κ3) is 3.33. The molecule has 1 rings (SSSR count). The van der Waals surface area contributed by atoms with Gasteiger partial charge in [-0.3, -0.25) is 9.59 Å². The number of hydrogen-bond donors (Lipinski definition) is 1. The molecule has 116 valence electrons. The van der Waals surface area contributed by atoms with Crippen LogP contribution in [0.3, 0.4) is 0 Å². The largest absolute Gasteiger partial charge is 0.480 e. The normalized spacial score (nSPS) is 25.8. The molecule has 0 aromatic heterocycles. The second kappa shape index (κ2) is 7.65. The summed E-state index contributed by atoms with van der Waals surface area (Å²) in [5.74, 6) is -1.08. The van der Waals surface area contributed by atoms with Crippen LogP contribution in [-0.2, 0) is 14.3 Å². The quantitative estimate of drug-likeness (QED) is 0.572. The molecule has 1 N–H and O–H groups in total. The maximum atomic E-state index is 12.4. The Balaban J connectivity index is 3.07. The maximum absolute atomic E-state index is 12.4. The molecule has 3 unspecified atom stereocenters. The van der Waals surface area contributed by atoms with E-state index in [0.717, 1.165) is 32.1 Å². The zero-order valence-electron chi connectivity index (χ0n) is 13.0. The number of ether oxygens (including phenoxy) is 1. The average Bonchev–Trinajstić information content (AvgIpc) is 2.44. The van der Waals surface area contributed by atoms with Crippen molar-refractivity contribution in [3.8, 4) is 0 Å². The summed E-state index contributed by atoms with van der Waals surface area (Å²) in [6.07, 6.45) is 5.93. The number of carboxylic acid groups (broad SMARTS) is 1.